The molecule has 0 aliphatic heterocycles. The van der Waals surface area contributed by atoms with E-state index >= 15 is 0 Å². The predicted molar refractivity (Wildman–Crippen MR) is 184 cm³/mol. The second-order valence-electron chi connectivity index (χ2n) is 10.6. The maximum absolute atomic E-state index is 13.2. The zero-order valence-corrected chi connectivity index (χ0v) is 30.1. The molecule has 0 saturated carbocycles. The van der Waals surface area contributed by atoms with Gasteiger partial charge in [-0.1, -0.05) is 128 Å². The van der Waals surface area contributed by atoms with E-state index in [1.165, 1.54) is 0 Å². The van der Waals surface area contributed by atoms with Crippen molar-refractivity contribution in [1.29, 1.82) is 0 Å². The van der Waals surface area contributed by atoms with Crippen LogP contribution in [0.3, 0.4) is 0 Å². The fourth-order valence-electron chi connectivity index (χ4n) is 4.72. The molecular weight excluding hydrogens is 749 g/mol. The van der Waals surface area contributed by atoms with Crippen LogP contribution in [0.5, 0.6) is 11.5 Å². The van der Waals surface area contributed by atoms with Gasteiger partial charge in [0.15, 0.2) is 0 Å². The zero-order chi connectivity index (χ0) is 35.4. The SMILES string of the molecule is Cc1cc(C)cc(COC(=O)c2c(OC(=O)C(=O)Oc3cc(Cl)c(Cl)c(Cl)c3C(=O)OCc3cc(C)cc(C)c3)cc(Cl)c(Cl)c2Cl)c1. The summed E-state index contributed by atoms with van der Waals surface area (Å²) in [7, 11) is 0. The molecule has 4 aromatic carbocycles. The summed E-state index contributed by atoms with van der Waals surface area (Å²) in [5.74, 6) is -6.46. The van der Waals surface area contributed by atoms with Crippen LogP contribution in [-0.2, 0) is 32.3 Å². The van der Waals surface area contributed by atoms with E-state index in [4.69, 9.17) is 88.6 Å². The molecule has 14 heteroatoms. The highest BCUT2D eigenvalue weighted by molar-refractivity contribution is 6.50. The van der Waals surface area contributed by atoms with Gasteiger partial charge in [-0.05, 0) is 38.8 Å². The zero-order valence-electron chi connectivity index (χ0n) is 25.6. The van der Waals surface area contributed by atoms with E-state index in [1.807, 2.05) is 64.1 Å². The monoisotopic (exact) mass is 770 g/mol. The Kier molecular flexibility index (Phi) is 12.3. The minimum atomic E-state index is -1.65. The smallest absolute Gasteiger partial charge is 0.423 e. The first kappa shape index (κ1) is 37.3. The van der Waals surface area contributed by atoms with Crippen LogP contribution in [0.15, 0.2) is 48.5 Å². The summed E-state index contributed by atoms with van der Waals surface area (Å²) >= 11 is 37.2. The van der Waals surface area contributed by atoms with Crippen molar-refractivity contribution in [2.75, 3.05) is 0 Å². The molecule has 0 bridgehead atoms. The maximum Gasteiger partial charge on any atom is 0.423 e. The standard InChI is InChI=1S/C34H24Cl6O8/c1-15-5-16(2)8-19(7-15)13-45-31(41)25-23(11-21(35)27(37)29(25)39)47-33(43)34(44)48-24-12-22(36)28(38)30(40)26(24)32(42)46-14-20-9-17(3)6-18(4)10-20/h5-12H,13-14H2,1-4H3. The predicted octanol–water partition coefficient (Wildman–Crippen LogP) is 10.1. The highest BCUT2D eigenvalue weighted by atomic mass is 35.5. The van der Waals surface area contributed by atoms with Crippen LogP contribution in [0, 0.1) is 27.7 Å². The Morgan fingerprint density at radius 2 is 0.792 bits per heavy atom. The van der Waals surface area contributed by atoms with Gasteiger partial charge < -0.3 is 18.9 Å². The van der Waals surface area contributed by atoms with Crippen LogP contribution in [0.1, 0.15) is 54.1 Å². The molecule has 0 aliphatic rings. The summed E-state index contributed by atoms with van der Waals surface area (Å²) in [6.07, 6.45) is 0. The van der Waals surface area contributed by atoms with Gasteiger partial charge in [-0.2, -0.15) is 0 Å². The third-order valence-corrected chi connectivity index (χ3v) is 9.06. The van der Waals surface area contributed by atoms with Gasteiger partial charge >= 0.3 is 23.9 Å². The Bertz CT molecular complexity index is 1790. The lowest BCUT2D eigenvalue weighted by molar-refractivity contribution is -0.156. The number of hydrogen-bond donors (Lipinski definition) is 0. The molecule has 0 heterocycles. The number of esters is 4. The summed E-state index contributed by atoms with van der Waals surface area (Å²) < 4.78 is 21.1. The van der Waals surface area contributed by atoms with E-state index in [0.29, 0.717) is 11.1 Å². The molecule has 4 aromatic rings. The Morgan fingerprint density at radius 3 is 1.10 bits per heavy atom. The molecule has 0 fully saturated rings. The number of aryl methyl sites for hydroxylation is 4. The van der Waals surface area contributed by atoms with E-state index < -0.39 is 56.5 Å². The summed E-state index contributed by atoms with van der Waals surface area (Å²) in [6.45, 7) is 7.22. The average Bonchev–Trinajstić information content (AvgIpc) is 2.99. The number of ether oxygens (including phenoxy) is 4. The van der Waals surface area contributed by atoms with E-state index in [2.05, 4.69) is 0 Å². The van der Waals surface area contributed by atoms with Gasteiger partial charge in [0.1, 0.15) is 35.8 Å². The Morgan fingerprint density at radius 1 is 0.479 bits per heavy atom. The second kappa shape index (κ2) is 15.8. The first-order valence-electron chi connectivity index (χ1n) is 13.8. The molecule has 0 amide bonds. The quantitative estimate of drug-likeness (QED) is 0.0755. The van der Waals surface area contributed by atoms with Gasteiger partial charge in [-0.15, -0.1) is 0 Å². The molecule has 8 nitrogen and oxygen atoms in total. The van der Waals surface area contributed by atoms with E-state index in [-0.39, 0.29) is 33.3 Å². The van der Waals surface area contributed by atoms with Gasteiger partial charge in [0.2, 0.25) is 0 Å². The van der Waals surface area contributed by atoms with Crippen LogP contribution in [-0.4, -0.2) is 23.9 Å². The largest absolute Gasteiger partial charge is 0.457 e. The van der Waals surface area contributed by atoms with Crippen LogP contribution in [0.25, 0.3) is 0 Å². The number of benzene rings is 4. The van der Waals surface area contributed by atoms with Gasteiger partial charge in [0.05, 0.1) is 30.1 Å². The van der Waals surface area contributed by atoms with Crippen molar-refractivity contribution in [3.63, 3.8) is 0 Å². The lowest BCUT2D eigenvalue weighted by Gasteiger charge is -2.15. The van der Waals surface area contributed by atoms with Crippen molar-refractivity contribution in [1.82, 2.24) is 0 Å². The number of halogens is 6. The molecule has 250 valence electrons. The Hall–Kier alpha value is -3.50. The molecule has 0 saturated heterocycles. The van der Waals surface area contributed by atoms with Crippen LogP contribution < -0.4 is 9.47 Å². The number of carbonyl (C=O) groups is 4. The third-order valence-electron chi connectivity index (χ3n) is 6.54. The van der Waals surface area contributed by atoms with Crippen molar-refractivity contribution < 1.29 is 38.1 Å². The van der Waals surface area contributed by atoms with Crippen molar-refractivity contribution in [3.8, 4) is 11.5 Å². The summed E-state index contributed by atoms with van der Waals surface area (Å²) in [5, 5.41) is -1.64. The first-order chi connectivity index (χ1) is 22.5. The van der Waals surface area contributed by atoms with E-state index in [1.54, 1.807) is 0 Å². The van der Waals surface area contributed by atoms with Gasteiger partial charge in [-0.3, -0.25) is 0 Å². The van der Waals surface area contributed by atoms with Gasteiger partial charge in [0.25, 0.3) is 0 Å². The molecule has 0 N–H and O–H groups in total. The number of rotatable bonds is 8. The van der Waals surface area contributed by atoms with Crippen molar-refractivity contribution in [3.05, 3.63) is 123 Å². The highest BCUT2D eigenvalue weighted by Gasteiger charge is 2.31. The Labute approximate surface area is 305 Å². The summed E-state index contributed by atoms with van der Waals surface area (Å²) in [5.41, 5.74) is 4.19. The van der Waals surface area contributed by atoms with Gasteiger partial charge in [0, 0.05) is 12.1 Å². The second-order valence-corrected chi connectivity index (χ2v) is 13.0. The molecule has 0 aromatic heterocycles. The lowest BCUT2D eigenvalue weighted by Crippen LogP contribution is -2.27. The van der Waals surface area contributed by atoms with E-state index in [9.17, 15) is 19.2 Å². The van der Waals surface area contributed by atoms with E-state index in [0.717, 1.165) is 34.4 Å². The molecule has 0 spiro atoms. The molecule has 0 radical (unpaired) electrons. The molecule has 0 unspecified atom stereocenters. The van der Waals surface area contributed by atoms with Crippen LogP contribution >= 0.6 is 69.6 Å². The molecule has 0 atom stereocenters. The molecule has 0 aliphatic carbocycles. The van der Waals surface area contributed by atoms with Crippen LogP contribution in [0.4, 0.5) is 0 Å². The van der Waals surface area contributed by atoms with Crippen LogP contribution in [0.2, 0.25) is 30.1 Å². The fourth-order valence-corrected chi connectivity index (χ4v) is 6.04. The van der Waals surface area contributed by atoms with Gasteiger partial charge in [-0.25, -0.2) is 19.2 Å². The van der Waals surface area contributed by atoms with Crippen molar-refractivity contribution in [2.45, 2.75) is 40.9 Å². The minimum absolute atomic E-state index is 0.159. The number of hydrogen-bond acceptors (Lipinski definition) is 8. The van der Waals surface area contributed by atoms with Crippen molar-refractivity contribution in [2.24, 2.45) is 0 Å². The average molecular weight is 773 g/mol. The van der Waals surface area contributed by atoms with Crippen molar-refractivity contribution >= 4 is 93.5 Å². The summed E-state index contributed by atoms with van der Waals surface area (Å²) in [6, 6.07) is 13.2. The molecule has 4 rings (SSSR count). The first-order valence-corrected chi connectivity index (χ1v) is 16.1. The molecular formula is C34H24Cl6O8. The Balaban J connectivity index is 1.57. The fraction of sp³-hybridized carbons (Fsp3) is 0.176. The topological polar surface area (TPSA) is 105 Å². The lowest BCUT2D eigenvalue weighted by atomic mass is 10.1. The minimum Gasteiger partial charge on any atom is -0.457 e. The normalized spacial score (nSPS) is 10.8. The summed E-state index contributed by atoms with van der Waals surface area (Å²) in [4.78, 5) is 52.2. The third kappa shape index (κ3) is 8.94. The highest BCUT2D eigenvalue weighted by Crippen LogP contribution is 2.41. The molecule has 48 heavy (non-hydrogen) atoms. The number of carbonyl (C=O) groups excluding carboxylic acids is 4. The maximum atomic E-state index is 13.2.